The standard InChI is InChI=1S/C9H5ClO3S/c10-8-3-1-2-7-6(4-11)5-14(12,13)9(7)8/h1-5H. The van der Waals surface area contributed by atoms with Gasteiger partial charge in [0.15, 0.2) is 6.29 Å². The number of aldehydes is 1. The number of carbonyl (C=O) groups is 1. The average molecular weight is 229 g/mol. The lowest BCUT2D eigenvalue weighted by Gasteiger charge is -2.00. The molecule has 0 atom stereocenters. The summed E-state index contributed by atoms with van der Waals surface area (Å²) in [4.78, 5) is 10.6. The van der Waals surface area contributed by atoms with Gasteiger partial charge in [0, 0.05) is 16.5 Å². The van der Waals surface area contributed by atoms with Crippen LogP contribution in [-0.2, 0) is 14.6 Å². The fraction of sp³-hybridized carbons (Fsp3) is 0. The molecule has 14 heavy (non-hydrogen) atoms. The second-order valence-electron chi connectivity index (χ2n) is 2.85. The van der Waals surface area contributed by atoms with E-state index in [2.05, 4.69) is 0 Å². The van der Waals surface area contributed by atoms with Gasteiger partial charge in [0.2, 0.25) is 9.84 Å². The Kier molecular flexibility index (Phi) is 1.97. The monoisotopic (exact) mass is 228 g/mol. The summed E-state index contributed by atoms with van der Waals surface area (Å²) in [5, 5.41) is 1.09. The molecule has 3 nitrogen and oxygen atoms in total. The topological polar surface area (TPSA) is 51.2 Å². The van der Waals surface area contributed by atoms with Gasteiger partial charge in [-0.2, -0.15) is 0 Å². The predicted molar refractivity (Wildman–Crippen MR) is 52.7 cm³/mol. The molecule has 0 saturated carbocycles. The molecule has 0 fully saturated rings. The zero-order chi connectivity index (χ0) is 10.3. The van der Waals surface area contributed by atoms with E-state index in [1.165, 1.54) is 6.07 Å². The third kappa shape index (κ3) is 1.19. The number of carbonyl (C=O) groups excluding carboxylic acids is 1. The Morgan fingerprint density at radius 2 is 2.00 bits per heavy atom. The Bertz CT molecular complexity index is 543. The second-order valence-corrected chi connectivity index (χ2v) is 4.99. The van der Waals surface area contributed by atoms with Crippen molar-refractivity contribution in [2.75, 3.05) is 0 Å². The van der Waals surface area contributed by atoms with Gasteiger partial charge in [-0.15, -0.1) is 0 Å². The molecule has 0 aliphatic carbocycles. The van der Waals surface area contributed by atoms with E-state index < -0.39 is 9.84 Å². The summed E-state index contributed by atoms with van der Waals surface area (Å²) in [5.41, 5.74) is 0.537. The largest absolute Gasteiger partial charge is 0.298 e. The molecule has 1 aromatic rings. The van der Waals surface area contributed by atoms with Crippen molar-refractivity contribution >= 4 is 33.3 Å². The molecule has 0 aromatic heterocycles. The van der Waals surface area contributed by atoms with E-state index in [4.69, 9.17) is 11.6 Å². The van der Waals surface area contributed by atoms with Gasteiger partial charge in [0.25, 0.3) is 0 Å². The Balaban J connectivity index is 2.88. The molecule has 0 radical (unpaired) electrons. The third-order valence-electron chi connectivity index (χ3n) is 1.97. The van der Waals surface area contributed by atoms with E-state index in [1.54, 1.807) is 12.1 Å². The molecule has 1 aliphatic rings. The van der Waals surface area contributed by atoms with Crippen molar-refractivity contribution in [3.05, 3.63) is 34.2 Å². The molecular weight excluding hydrogens is 224 g/mol. The van der Waals surface area contributed by atoms with Crippen molar-refractivity contribution in [3.8, 4) is 0 Å². The molecule has 5 heteroatoms. The number of benzene rings is 1. The molecule has 72 valence electrons. The van der Waals surface area contributed by atoms with Crippen LogP contribution in [0.15, 0.2) is 28.5 Å². The molecule has 0 spiro atoms. The van der Waals surface area contributed by atoms with Crippen molar-refractivity contribution < 1.29 is 13.2 Å². The molecule has 1 heterocycles. The highest BCUT2D eigenvalue weighted by molar-refractivity contribution is 7.95. The Hall–Kier alpha value is -1.13. The first kappa shape index (κ1) is 9.43. The average Bonchev–Trinajstić information content (AvgIpc) is 2.39. The van der Waals surface area contributed by atoms with Gasteiger partial charge < -0.3 is 0 Å². The second kappa shape index (κ2) is 2.93. The van der Waals surface area contributed by atoms with Crippen molar-refractivity contribution in [1.29, 1.82) is 0 Å². The molecule has 0 amide bonds. The van der Waals surface area contributed by atoms with E-state index in [0.717, 1.165) is 5.41 Å². The van der Waals surface area contributed by atoms with Crippen molar-refractivity contribution in [3.63, 3.8) is 0 Å². The van der Waals surface area contributed by atoms with Crippen LogP contribution >= 0.6 is 11.6 Å². The van der Waals surface area contributed by atoms with Gasteiger partial charge in [-0.1, -0.05) is 23.7 Å². The summed E-state index contributed by atoms with van der Waals surface area (Å²) in [6.07, 6.45) is 0.514. The number of halogens is 1. The quantitative estimate of drug-likeness (QED) is 0.687. The lowest BCUT2D eigenvalue weighted by Crippen LogP contribution is -1.94. The van der Waals surface area contributed by atoms with Gasteiger partial charge >= 0.3 is 0 Å². The summed E-state index contributed by atoms with van der Waals surface area (Å²) in [6.45, 7) is 0. The van der Waals surface area contributed by atoms with Crippen LogP contribution < -0.4 is 0 Å². The van der Waals surface area contributed by atoms with Crippen molar-refractivity contribution in [2.24, 2.45) is 0 Å². The maximum atomic E-state index is 11.5. The van der Waals surface area contributed by atoms with E-state index in [0.29, 0.717) is 11.8 Å². The zero-order valence-corrected chi connectivity index (χ0v) is 8.47. The number of fused-ring (bicyclic) bond motifs is 1. The number of hydrogen-bond acceptors (Lipinski definition) is 3. The summed E-state index contributed by atoms with van der Waals surface area (Å²) in [6, 6.07) is 4.66. The van der Waals surface area contributed by atoms with Gasteiger partial charge in [-0.25, -0.2) is 8.42 Å². The van der Waals surface area contributed by atoms with Crippen LogP contribution in [-0.4, -0.2) is 14.7 Å². The SMILES string of the molecule is O=CC1=CS(=O)(=O)c2c(Cl)cccc21. The van der Waals surface area contributed by atoms with E-state index in [-0.39, 0.29) is 15.5 Å². The number of hydrogen-bond donors (Lipinski definition) is 0. The molecule has 1 aliphatic heterocycles. The minimum atomic E-state index is -3.52. The van der Waals surface area contributed by atoms with Crippen LogP contribution in [0.2, 0.25) is 5.02 Å². The van der Waals surface area contributed by atoms with Crippen LogP contribution in [0.3, 0.4) is 0 Å². The van der Waals surface area contributed by atoms with Crippen LogP contribution in [0, 0.1) is 0 Å². The van der Waals surface area contributed by atoms with E-state index in [1.807, 2.05) is 0 Å². The Morgan fingerprint density at radius 1 is 1.29 bits per heavy atom. The lowest BCUT2D eigenvalue weighted by molar-refractivity contribution is -0.103. The van der Waals surface area contributed by atoms with Gasteiger partial charge in [-0.05, 0) is 6.07 Å². The molecule has 0 bridgehead atoms. The first-order chi connectivity index (χ1) is 6.56. The zero-order valence-electron chi connectivity index (χ0n) is 6.90. The summed E-state index contributed by atoms with van der Waals surface area (Å²) < 4.78 is 23.0. The van der Waals surface area contributed by atoms with Crippen LogP contribution in [0.25, 0.3) is 5.57 Å². The maximum Gasteiger partial charge on any atom is 0.202 e. The summed E-state index contributed by atoms with van der Waals surface area (Å²) in [7, 11) is -3.52. The molecule has 0 N–H and O–H groups in total. The molecule has 0 unspecified atom stereocenters. The fourth-order valence-electron chi connectivity index (χ4n) is 1.41. The lowest BCUT2D eigenvalue weighted by atomic mass is 10.1. The van der Waals surface area contributed by atoms with Crippen LogP contribution in [0.1, 0.15) is 5.56 Å². The number of allylic oxidation sites excluding steroid dienone is 1. The molecular formula is C9H5ClO3S. The first-order valence-corrected chi connectivity index (χ1v) is 5.69. The van der Waals surface area contributed by atoms with E-state index in [9.17, 15) is 13.2 Å². The number of sulfone groups is 1. The maximum absolute atomic E-state index is 11.5. The Labute approximate surface area is 85.9 Å². The minimum Gasteiger partial charge on any atom is -0.298 e. The highest BCUT2D eigenvalue weighted by atomic mass is 35.5. The molecule has 1 aromatic carbocycles. The molecule has 2 rings (SSSR count). The highest BCUT2D eigenvalue weighted by Crippen LogP contribution is 2.36. The number of rotatable bonds is 1. The first-order valence-electron chi connectivity index (χ1n) is 3.77. The van der Waals surface area contributed by atoms with Crippen LogP contribution in [0.4, 0.5) is 0 Å². The van der Waals surface area contributed by atoms with Gasteiger partial charge in [-0.3, -0.25) is 4.79 Å². The fourth-order valence-corrected chi connectivity index (χ4v) is 3.37. The minimum absolute atomic E-state index is 0.0313. The van der Waals surface area contributed by atoms with Crippen molar-refractivity contribution in [1.82, 2.24) is 0 Å². The Morgan fingerprint density at radius 3 is 2.64 bits per heavy atom. The normalized spacial score (nSPS) is 17.4. The summed E-state index contributed by atoms with van der Waals surface area (Å²) >= 11 is 5.75. The molecule has 0 saturated heterocycles. The van der Waals surface area contributed by atoms with Crippen molar-refractivity contribution in [2.45, 2.75) is 4.90 Å². The highest BCUT2D eigenvalue weighted by Gasteiger charge is 2.28. The third-order valence-corrected chi connectivity index (χ3v) is 3.97. The van der Waals surface area contributed by atoms with Gasteiger partial charge in [0.1, 0.15) is 0 Å². The van der Waals surface area contributed by atoms with Crippen LogP contribution in [0.5, 0.6) is 0 Å². The smallest absolute Gasteiger partial charge is 0.202 e. The van der Waals surface area contributed by atoms with Gasteiger partial charge in [0.05, 0.1) is 9.92 Å². The van der Waals surface area contributed by atoms with E-state index >= 15 is 0 Å². The summed E-state index contributed by atoms with van der Waals surface area (Å²) in [5.74, 6) is 0. The predicted octanol–water partition coefficient (Wildman–Crippen LogP) is 1.67.